The van der Waals surface area contributed by atoms with Crippen molar-refractivity contribution in [2.75, 3.05) is 44.3 Å². The van der Waals surface area contributed by atoms with Gasteiger partial charge in [-0.2, -0.15) is 0 Å². The Morgan fingerprint density at radius 3 is 2.38 bits per heavy atom. The van der Waals surface area contributed by atoms with Crippen molar-refractivity contribution in [3.63, 3.8) is 0 Å². The predicted molar refractivity (Wildman–Crippen MR) is 131 cm³/mol. The lowest BCUT2D eigenvalue weighted by molar-refractivity contribution is -0.120. The highest BCUT2D eigenvalue weighted by Crippen LogP contribution is 2.21. The fraction of sp³-hybridized carbons (Fsp3) is 0.333. The molecule has 34 heavy (non-hydrogen) atoms. The Morgan fingerprint density at radius 1 is 0.912 bits per heavy atom. The minimum Gasteiger partial charge on any atom is -0.459 e. The fourth-order valence-corrected chi connectivity index (χ4v) is 3.98. The molecule has 0 saturated carbocycles. The van der Waals surface area contributed by atoms with Gasteiger partial charge in [0, 0.05) is 25.3 Å². The predicted octanol–water partition coefficient (Wildman–Crippen LogP) is 3.51. The molecule has 3 aromatic rings. The van der Waals surface area contributed by atoms with Crippen LogP contribution in [0.4, 0.5) is 5.69 Å². The van der Waals surface area contributed by atoms with Crippen LogP contribution in [0.5, 0.6) is 0 Å². The van der Waals surface area contributed by atoms with Crippen LogP contribution in [-0.2, 0) is 22.5 Å². The van der Waals surface area contributed by atoms with Gasteiger partial charge in [0.15, 0.2) is 5.76 Å². The summed E-state index contributed by atoms with van der Waals surface area (Å²) in [4.78, 5) is 29.5. The van der Waals surface area contributed by atoms with Gasteiger partial charge in [0.05, 0.1) is 32.4 Å². The summed E-state index contributed by atoms with van der Waals surface area (Å²) in [5, 5.41) is 3.00. The third kappa shape index (κ3) is 6.79. The molecule has 1 aliphatic heterocycles. The summed E-state index contributed by atoms with van der Waals surface area (Å²) in [5.41, 5.74) is 2.67. The maximum absolute atomic E-state index is 13.1. The van der Waals surface area contributed by atoms with Crippen LogP contribution < -0.4 is 10.2 Å². The van der Waals surface area contributed by atoms with E-state index in [1.54, 1.807) is 17.0 Å². The van der Waals surface area contributed by atoms with Crippen molar-refractivity contribution < 1.29 is 18.7 Å². The standard InChI is InChI=1S/C27H31N3O4/c31-26(28-13-5-14-29-15-18-33-19-16-29)20-22-9-11-24(12-10-22)30(21-23-6-2-1-3-7-23)27(32)25-8-4-17-34-25/h1-4,6-12,17H,5,13-16,18-21H2,(H,28,31). The first-order valence-electron chi connectivity index (χ1n) is 11.7. The first-order valence-corrected chi connectivity index (χ1v) is 11.7. The Balaban J connectivity index is 1.33. The molecule has 0 spiro atoms. The topological polar surface area (TPSA) is 75.0 Å². The maximum atomic E-state index is 13.1. The molecule has 0 radical (unpaired) electrons. The van der Waals surface area contributed by atoms with E-state index in [2.05, 4.69) is 10.2 Å². The van der Waals surface area contributed by atoms with Crippen molar-refractivity contribution >= 4 is 17.5 Å². The van der Waals surface area contributed by atoms with Gasteiger partial charge >= 0.3 is 0 Å². The molecular formula is C27H31N3O4. The second-order valence-electron chi connectivity index (χ2n) is 8.35. The van der Waals surface area contributed by atoms with Gasteiger partial charge in [0.2, 0.25) is 5.91 Å². The van der Waals surface area contributed by atoms with Gasteiger partial charge in [-0.25, -0.2) is 0 Å². The number of nitrogens with one attached hydrogen (secondary N) is 1. The van der Waals surface area contributed by atoms with Crippen LogP contribution in [0.2, 0.25) is 0 Å². The van der Waals surface area contributed by atoms with Crippen molar-refractivity contribution in [3.05, 3.63) is 89.9 Å². The van der Waals surface area contributed by atoms with Gasteiger partial charge in [-0.15, -0.1) is 0 Å². The van der Waals surface area contributed by atoms with Crippen LogP contribution in [0, 0.1) is 0 Å². The van der Waals surface area contributed by atoms with E-state index >= 15 is 0 Å². The average molecular weight is 462 g/mol. The molecule has 0 atom stereocenters. The summed E-state index contributed by atoms with van der Waals surface area (Å²) < 4.78 is 10.7. The van der Waals surface area contributed by atoms with Crippen molar-refractivity contribution in [1.29, 1.82) is 0 Å². The van der Waals surface area contributed by atoms with E-state index in [1.165, 1.54) is 6.26 Å². The van der Waals surface area contributed by atoms with E-state index in [-0.39, 0.29) is 17.6 Å². The highest BCUT2D eigenvalue weighted by Gasteiger charge is 2.20. The molecule has 1 aromatic heterocycles. The molecular weight excluding hydrogens is 430 g/mol. The lowest BCUT2D eigenvalue weighted by Crippen LogP contribution is -2.38. The van der Waals surface area contributed by atoms with Crippen molar-refractivity contribution in [2.45, 2.75) is 19.4 Å². The number of furan rings is 1. The van der Waals surface area contributed by atoms with Gasteiger partial charge in [0.25, 0.3) is 5.91 Å². The zero-order chi connectivity index (χ0) is 23.6. The van der Waals surface area contributed by atoms with Crippen LogP contribution >= 0.6 is 0 Å². The van der Waals surface area contributed by atoms with Gasteiger partial charge in [-0.05, 0) is 48.4 Å². The number of rotatable bonds is 10. The Kier molecular flexibility index (Phi) is 8.48. The monoisotopic (exact) mass is 461 g/mol. The second kappa shape index (κ2) is 12.2. The Hall–Kier alpha value is -3.42. The van der Waals surface area contributed by atoms with Crippen LogP contribution in [0.1, 0.15) is 28.1 Å². The highest BCUT2D eigenvalue weighted by molar-refractivity contribution is 6.04. The SMILES string of the molecule is O=C(Cc1ccc(N(Cc2ccccc2)C(=O)c2ccco2)cc1)NCCCN1CCOCC1. The largest absolute Gasteiger partial charge is 0.459 e. The molecule has 7 nitrogen and oxygen atoms in total. The number of hydrogen-bond donors (Lipinski definition) is 1. The molecule has 1 fully saturated rings. The van der Waals surface area contributed by atoms with E-state index in [4.69, 9.17) is 9.15 Å². The summed E-state index contributed by atoms with van der Waals surface area (Å²) in [6, 6.07) is 20.8. The van der Waals surface area contributed by atoms with E-state index in [0.29, 0.717) is 19.5 Å². The van der Waals surface area contributed by atoms with Gasteiger partial charge < -0.3 is 19.4 Å². The van der Waals surface area contributed by atoms with Gasteiger partial charge in [-0.3, -0.25) is 14.5 Å². The molecule has 0 bridgehead atoms. The minimum absolute atomic E-state index is 0.00234. The number of hydrogen-bond acceptors (Lipinski definition) is 5. The molecule has 2 amide bonds. The Bertz CT molecular complexity index is 1030. The number of nitrogens with zero attached hydrogens (tertiary/aromatic N) is 2. The van der Waals surface area contributed by atoms with Crippen molar-refractivity contribution in [1.82, 2.24) is 10.2 Å². The van der Waals surface area contributed by atoms with E-state index in [9.17, 15) is 9.59 Å². The van der Waals surface area contributed by atoms with E-state index in [1.807, 2.05) is 54.6 Å². The van der Waals surface area contributed by atoms with Crippen LogP contribution in [0.3, 0.4) is 0 Å². The Labute approximate surface area is 200 Å². The van der Waals surface area contributed by atoms with Gasteiger partial charge in [0.1, 0.15) is 0 Å². The molecule has 1 N–H and O–H groups in total. The summed E-state index contributed by atoms with van der Waals surface area (Å²) in [6.45, 7) is 5.56. The lowest BCUT2D eigenvalue weighted by atomic mass is 10.1. The van der Waals surface area contributed by atoms with Crippen LogP contribution in [0.15, 0.2) is 77.4 Å². The molecule has 0 unspecified atom stereocenters. The van der Waals surface area contributed by atoms with E-state index in [0.717, 1.165) is 56.1 Å². The molecule has 1 aliphatic rings. The molecule has 2 heterocycles. The highest BCUT2D eigenvalue weighted by atomic mass is 16.5. The number of amides is 2. The van der Waals surface area contributed by atoms with Crippen molar-refractivity contribution in [3.8, 4) is 0 Å². The third-order valence-corrected chi connectivity index (χ3v) is 5.85. The molecule has 0 aliphatic carbocycles. The lowest BCUT2D eigenvalue weighted by Gasteiger charge is -2.26. The quantitative estimate of drug-likeness (QED) is 0.468. The van der Waals surface area contributed by atoms with Crippen LogP contribution in [0.25, 0.3) is 0 Å². The smallest absolute Gasteiger partial charge is 0.294 e. The van der Waals surface area contributed by atoms with Gasteiger partial charge in [-0.1, -0.05) is 42.5 Å². The summed E-state index contributed by atoms with van der Waals surface area (Å²) in [6.07, 6.45) is 2.73. The maximum Gasteiger partial charge on any atom is 0.294 e. The number of anilines is 1. The molecule has 4 rings (SSSR count). The molecule has 7 heteroatoms. The zero-order valence-electron chi connectivity index (χ0n) is 19.3. The molecule has 1 saturated heterocycles. The average Bonchev–Trinajstić information content (AvgIpc) is 3.42. The number of carbonyl (C=O) groups excluding carboxylic acids is 2. The number of carbonyl (C=O) groups is 2. The first kappa shape index (κ1) is 23.7. The third-order valence-electron chi connectivity index (χ3n) is 5.85. The first-order chi connectivity index (χ1) is 16.7. The second-order valence-corrected chi connectivity index (χ2v) is 8.35. The van der Waals surface area contributed by atoms with Crippen LogP contribution in [-0.4, -0.2) is 56.1 Å². The summed E-state index contributed by atoms with van der Waals surface area (Å²) in [5.74, 6) is 0.0820. The molecule has 178 valence electrons. The normalized spacial score (nSPS) is 14.0. The summed E-state index contributed by atoms with van der Waals surface area (Å²) in [7, 11) is 0. The molecule has 2 aromatic carbocycles. The number of morpholine rings is 1. The van der Waals surface area contributed by atoms with Crippen molar-refractivity contribution in [2.24, 2.45) is 0 Å². The fourth-order valence-electron chi connectivity index (χ4n) is 3.98. The number of ether oxygens (including phenoxy) is 1. The summed E-state index contributed by atoms with van der Waals surface area (Å²) >= 11 is 0. The zero-order valence-corrected chi connectivity index (χ0v) is 19.3. The minimum atomic E-state index is -0.209. The van der Waals surface area contributed by atoms with E-state index < -0.39 is 0 Å². The Morgan fingerprint density at radius 2 is 1.68 bits per heavy atom. The number of benzene rings is 2.